The number of rotatable bonds is 4. The van der Waals surface area contributed by atoms with E-state index in [1.54, 1.807) is 19.2 Å². The van der Waals surface area contributed by atoms with Crippen LogP contribution in [0.3, 0.4) is 0 Å². The number of hydrogen-bond donors (Lipinski definition) is 1. The van der Waals surface area contributed by atoms with Gasteiger partial charge >= 0.3 is 5.97 Å². The van der Waals surface area contributed by atoms with Gasteiger partial charge in [0.25, 0.3) is 0 Å². The van der Waals surface area contributed by atoms with Crippen LogP contribution in [0, 0.1) is 5.92 Å². The Kier molecular flexibility index (Phi) is 6.32. The highest BCUT2D eigenvalue weighted by atomic mass is 35.5. The molecule has 1 aliphatic heterocycles. The fourth-order valence-corrected chi connectivity index (χ4v) is 2.38. The van der Waals surface area contributed by atoms with Gasteiger partial charge in [0, 0.05) is 12.6 Å². The van der Waals surface area contributed by atoms with Crippen LogP contribution in [0.4, 0.5) is 5.82 Å². The predicted octanol–water partition coefficient (Wildman–Crippen LogP) is 1.31. The van der Waals surface area contributed by atoms with Gasteiger partial charge in [0.2, 0.25) is 5.91 Å². The molecule has 0 saturated heterocycles. The van der Waals surface area contributed by atoms with E-state index in [1.165, 1.54) is 4.90 Å². The first-order valence-electron chi connectivity index (χ1n) is 7.16. The Morgan fingerprint density at radius 2 is 2.18 bits per heavy atom. The largest absolute Gasteiger partial charge is 0.464 e. The minimum absolute atomic E-state index is 0. The average molecular weight is 328 g/mol. The number of carbonyl (C=O) groups is 2. The lowest BCUT2D eigenvalue weighted by Gasteiger charge is -2.27. The predicted molar refractivity (Wildman–Crippen MR) is 85.9 cm³/mol. The van der Waals surface area contributed by atoms with Gasteiger partial charge in [0.05, 0.1) is 12.6 Å². The molecule has 22 heavy (non-hydrogen) atoms. The highest BCUT2D eigenvalue weighted by Gasteiger charge is 2.42. The van der Waals surface area contributed by atoms with Crippen LogP contribution in [0.1, 0.15) is 26.3 Å². The summed E-state index contributed by atoms with van der Waals surface area (Å²) in [5.41, 5.74) is 6.82. The lowest BCUT2D eigenvalue weighted by atomic mass is 10.0. The van der Waals surface area contributed by atoms with E-state index in [2.05, 4.69) is 4.98 Å². The molecule has 1 unspecified atom stereocenters. The molecule has 1 aliphatic rings. The maximum Gasteiger partial charge on any atom is 0.329 e. The van der Waals surface area contributed by atoms with E-state index in [-0.39, 0.29) is 30.8 Å². The summed E-state index contributed by atoms with van der Waals surface area (Å²) >= 11 is 0. The SMILES string of the molecule is CCOC(=O)C1Cc2cccnc2N1C(=O)[C@@H](N)C(C)C.Cl. The number of esters is 1. The van der Waals surface area contributed by atoms with Crippen molar-refractivity contribution in [3.8, 4) is 0 Å². The van der Waals surface area contributed by atoms with Crippen molar-refractivity contribution in [3.63, 3.8) is 0 Å². The number of nitrogens with zero attached hydrogens (tertiary/aromatic N) is 2. The molecule has 7 heteroatoms. The Bertz CT molecular complexity index is 551. The van der Waals surface area contributed by atoms with E-state index in [0.29, 0.717) is 12.2 Å². The molecule has 1 amide bonds. The standard InChI is InChI=1S/C15H21N3O3.ClH/c1-4-21-15(20)11-8-10-6-5-7-17-13(10)18(11)14(19)12(16)9(2)3;/h5-7,9,11-12H,4,8,16H2,1-3H3;1H/t11?,12-;/m0./s1. The number of pyridine rings is 1. The maximum atomic E-state index is 12.6. The molecular weight excluding hydrogens is 306 g/mol. The van der Waals surface area contributed by atoms with E-state index < -0.39 is 18.1 Å². The lowest BCUT2D eigenvalue weighted by Crippen LogP contribution is -2.52. The molecule has 0 spiro atoms. The molecule has 0 radical (unpaired) electrons. The summed E-state index contributed by atoms with van der Waals surface area (Å²) in [6.07, 6.45) is 2.02. The molecule has 2 N–H and O–H groups in total. The molecule has 2 rings (SSSR count). The number of carbonyl (C=O) groups excluding carboxylic acids is 2. The molecule has 0 aliphatic carbocycles. The minimum Gasteiger partial charge on any atom is -0.464 e. The Morgan fingerprint density at radius 1 is 1.50 bits per heavy atom. The molecule has 0 aromatic carbocycles. The third kappa shape index (κ3) is 3.39. The van der Waals surface area contributed by atoms with Crippen molar-refractivity contribution >= 4 is 30.1 Å². The minimum atomic E-state index is -0.674. The van der Waals surface area contributed by atoms with Gasteiger partial charge in [0.15, 0.2) is 0 Å². The van der Waals surface area contributed by atoms with E-state index in [9.17, 15) is 9.59 Å². The van der Waals surface area contributed by atoms with Crippen LogP contribution >= 0.6 is 12.4 Å². The topological polar surface area (TPSA) is 85.5 Å². The fourth-order valence-electron chi connectivity index (χ4n) is 2.38. The van der Waals surface area contributed by atoms with Crippen LogP contribution in [0.2, 0.25) is 0 Å². The molecule has 0 fully saturated rings. The van der Waals surface area contributed by atoms with E-state index >= 15 is 0 Å². The second-order valence-electron chi connectivity index (χ2n) is 5.44. The quantitative estimate of drug-likeness (QED) is 0.843. The maximum absolute atomic E-state index is 12.6. The van der Waals surface area contributed by atoms with E-state index in [0.717, 1.165) is 5.56 Å². The zero-order valence-electron chi connectivity index (χ0n) is 13.0. The van der Waals surface area contributed by atoms with E-state index in [1.807, 2.05) is 19.9 Å². The second-order valence-corrected chi connectivity index (χ2v) is 5.44. The van der Waals surface area contributed by atoms with Gasteiger partial charge in [-0.15, -0.1) is 12.4 Å². The first kappa shape index (κ1) is 18.4. The van der Waals surface area contributed by atoms with Crippen molar-refractivity contribution in [2.24, 2.45) is 11.7 Å². The van der Waals surface area contributed by atoms with Gasteiger partial charge in [-0.3, -0.25) is 9.69 Å². The normalized spacial score (nSPS) is 17.7. The van der Waals surface area contributed by atoms with Crippen LogP contribution in [0.25, 0.3) is 0 Å². The molecule has 2 heterocycles. The number of aromatic nitrogens is 1. The first-order valence-corrected chi connectivity index (χ1v) is 7.16. The van der Waals surface area contributed by atoms with Crippen molar-refractivity contribution < 1.29 is 14.3 Å². The Balaban J connectivity index is 0.00000242. The summed E-state index contributed by atoms with van der Waals surface area (Å²) < 4.78 is 5.08. The van der Waals surface area contributed by atoms with Gasteiger partial charge in [-0.1, -0.05) is 19.9 Å². The number of fused-ring (bicyclic) bond motifs is 1. The zero-order valence-corrected chi connectivity index (χ0v) is 13.8. The Morgan fingerprint density at radius 3 is 2.77 bits per heavy atom. The van der Waals surface area contributed by atoms with E-state index in [4.69, 9.17) is 10.5 Å². The molecule has 1 aromatic heterocycles. The molecule has 2 atom stereocenters. The second kappa shape index (κ2) is 7.56. The summed E-state index contributed by atoms with van der Waals surface area (Å²) in [5, 5.41) is 0. The average Bonchev–Trinajstić information content (AvgIpc) is 2.85. The van der Waals surface area contributed by atoms with Gasteiger partial charge in [-0.05, 0) is 24.5 Å². The Labute approximate surface area is 136 Å². The molecule has 0 bridgehead atoms. The van der Waals surface area contributed by atoms with Crippen molar-refractivity contribution in [1.29, 1.82) is 0 Å². The summed E-state index contributed by atoms with van der Waals surface area (Å²) in [5.74, 6) is -0.218. The summed E-state index contributed by atoms with van der Waals surface area (Å²) in [6.45, 7) is 5.76. The van der Waals surface area contributed by atoms with Crippen molar-refractivity contribution in [2.75, 3.05) is 11.5 Å². The van der Waals surface area contributed by atoms with Crippen LogP contribution in [-0.4, -0.2) is 35.6 Å². The van der Waals surface area contributed by atoms with Crippen LogP contribution in [0.15, 0.2) is 18.3 Å². The number of halogens is 1. The zero-order chi connectivity index (χ0) is 15.6. The molecule has 1 aromatic rings. The van der Waals surface area contributed by atoms with Crippen LogP contribution in [0.5, 0.6) is 0 Å². The first-order chi connectivity index (χ1) is 9.97. The molecule has 122 valence electrons. The monoisotopic (exact) mass is 327 g/mol. The van der Waals surface area contributed by atoms with Crippen molar-refractivity contribution in [1.82, 2.24) is 4.98 Å². The number of ether oxygens (including phenoxy) is 1. The number of nitrogens with two attached hydrogens (primary N) is 1. The number of hydrogen-bond acceptors (Lipinski definition) is 5. The summed E-state index contributed by atoms with van der Waals surface area (Å²) in [6, 6.07) is 2.31. The van der Waals surface area contributed by atoms with Gasteiger partial charge < -0.3 is 10.5 Å². The van der Waals surface area contributed by atoms with Crippen molar-refractivity contribution in [3.05, 3.63) is 23.9 Å². The molecule has 0 saturated carbocycles. The lowest BCUT2D eigenvalue weighted by molar-refractivity contribution is -0.145. The van der Waals surface area contributed by atoms with Gasteiger partial charge in [0.1, 0.15) is 11.9 Å². The fraction of sp³-hybridized carbons (Fsp3) is 0.533. The smallest absolute Gasteiger partial charge is 0.329 e. The van der Waals surface area contributed by atoms with Crippen molar-refractivity contribution in [2.45, 2.75) is 39.3 Å². The summed E-state index contributed by atoms with van der Waals surface area (Å²) in [4.78, 5) is 30.4. The van der Waals surface area contributed by atoms with Crippen LogP contribution in [-0.2, 0) is 20.7 Å². The third-order valence-electron chi connectivity index (χ3n) is 3.62. The Hall–Kier alpha value is -1.66. The third-order valence-corrected chi connectivity index (χ3v) is 3.62. The molecule has 6 nitrogen and oxygen atoms in total. The number of amides is 1. The highest BCUT2D eigenvalue weighted by molar-refractivity contribution is 6.03. The van der Waals surface area contributed by atoms with Crippen LogP contribution < -0.4 is 10.6 Å². The highest BCUT2D eigenvalue weighted by Crippen LogP contribution is 2.31. The summed E-state index contributed by atoms with van der Waals surface area (Å²) in [7, 11) is 0. The molecular formula is C15H22ClN3O3. The number of anilines is 1. The van der Waals surface area contributed by atoms with Gasteiger partial charge in [-0.2, -0.15) is 0 Å². The van der Waals surface area contributed by atoms with Gasteiger partial charge in [-0.25, -0.2) is 9.78 Å².